The first-order valence-corrected chi connectivity index (χ1v) is 8.51. The maximum atomic E-state index is 12.9. The Morgan fingerprint density at radius 3 is 2.60 bits per heavy atom. The molecule has 5 nitrogen and oxygen atoms in total. The number of aryl methyl sites for hydroxylation is 1. The molecule has 0 aliphatic carbocycles. The van der Waals surface area contributed by atoms with Gasteiger partial charge in [-0.15, -0.1) is 0 Å². The number of rotatable bonds is 3. The fourth-order valence-corrected chi connectivity index (χ4v) is 3.37. The minimum absolute atomic E-state index is 0.0856. The van der Waals surface area contributed by atoms with Crippen LogP contribution < -0.4 is 10.2 Å². The number of carbonyl (C=O) groups excluding carboxylic acids is 1. The summed E-state index contributed by atoms with van der Waals surface area (Å²) in [5, 5.41) is 4.06. The molecule has 0 saturated carbocycles. The summed E-state index contributed by atoms with van der Waals surface area (Å²) in [6.45, 7) is 3.10. The minimum atomic E-state index is -0.0856. The molecule has 1 aliphatic heterocycles. The zero-order valence-corrected chi connectivity index (χ0v) is 14.2. The van der Waals surface area contributed by atoms with Gasteiger partial charge in [-0.1, -0.05) is 30.3 Å². The molecule has 25 heavy (non-hydrogen) atoms. The number of anilines is 2. The Balaban J connectivity index is 1.65. The Labute approximate surface area is 146 Å². The molecule has 0 unspecified atom stereocenters. The van der Waals surface area contributed by atoms with Crippen LogP contribution in [-0.4, -0.2) is 36.8 Å². The van der Waals surface area contributed by atoms with Crippen molar-refractivity contribution in [3.8, 4) is 0 Å². The van der Waals surface area contributed by atoms with Crippen LogP contribution in [0.2, 0.25) is 0 Å². The van der Waals surface area contributed by atoms with E-state index in [2.05, 4.69) is 10.2 Å². The smallest absolute Gasteiger partial charge is 0.257 e. The Bertz CT molecular complexity index is 910. The highest BCUT2D eigenvalue weighted by atomic mass is 16.5. The van der Waals surface area contributed by atoms with E-state index in [1.165, 1.54) is 0 Å². The molecule has 0 radical (unpaired) electrons. The number of hydrogen-bond donors (Lipinski definition) is 1. The first-order valence-electron chi connectivity index (χ1n) is 8.51. The molecule has 128 valence electrons. The van der Waals surface area contributed by atoms with Gasteiger partial charge in [0.25, 0.3) is 5.91 Å². The summed E-state index contributed by atoms with van der Waals surface area (Å²) in [6, 6.07) is 15.9. The normalized spacial score (nSPS) is 14.7. The zero-order chi connectivity index (χ0) is 17.2. The minimum Gasteiger partial charge on any atom is -0.378 e. The van der Waals surface area contributed by atoms with Crippen molar-refractivity contribution in [3.05, 3.63) is 60.3 Å². The maximum Gasteiger partial charge on any atom is 0.257 e. The molecule has 1 amide bonds. The van der Waals surface area contributed by atoms with Crippen LogP contribution in [0.3, 0.4) is 0 Å². The van der Waals surface area contributed by atoms with Gasteiger partial charge in [0.2, 0.25) is 0 Å². The molecule has 1 fully saturated rings. The number of nitrogens with zero attached hydrogens (tertiary/aromatic N) is 2. The van der Waals surface area contributed by atoms with Gasteiger partial charge in [0.05, 0.1) is 30.2 Å². The molecule has 1 N–H and O–H groups in total. The van der Waals surface area contributed by atoms with Crippen LogP contribution >= 0.6 is 0 Å². The van der Waals surface area contributed by atoms with Crippen LogP contribution in [0.15, 0.2) is 54.7 Å². The van der Waals surface area contributed by atoms with E-state index in [0.29, 0.717) is 18.8 Å². The molecule has 0 atom stereocenters. The maximum absolute atomic E-state index is 12.9. The lowest BCUT2D eigenvalue weighted by molar-refractivity contribution is 0.102. The largest absolute Gasteiger partial charge is 0.378 e. The number of para-hydroxylation sites is 3. The van der Waals surface area contributed by atoms with Crippen LogP contribution in [0.1, 0.15) is 10.4 Å². The van der Waals surface area contributed by atoms with E-state index in [1.54, 1.807) is 0 Å². The molecule has 4 rings (SSSR count). The summed E-state index contributed by atoms with van der Waals surface area (Å²) >= 11 is 0. The molecular weight excluding hydrogens is 314 g/mol. The third-order valence-electron chi connectivity index (χ3n) is 4.65. The van der Waals surface area contributed by atoms with Crippen molar-refractivity contribution in [2.24, 2.45) is 7.05 Å². The van der Waals surface area contributed by atoms with Gasteiger partial charge in [-0.2, -0.15) is 0 Å². The molecule has 1 aliphatic rings. The molecule has 2 heterocycles. The first kappa shape index (κ1) is 15.7. The number of benzene rings is 2. The Kier molecular flexibility index (Phi) is 4.15. The molecule has 0 spiro atoms. The predicted octanol–water partition coefficient (Wildman–Crippen LogP) is 3.27. The predicted molar refractivity (Wildman–Crippen MR) is 100 cm³/mol. The van der Waals surface area contributed by atoms with Crippen molar-refractivity contribution >= 4 is 28.2 Å². The number of amides is 1. The van der Waals surface area contributed by atoms with Crippen molar-refractivity contribution < 1.29 is 9.53 Å². The monoisotopic (exact) mass is 335 g/mol. The topological polar surface area (TPSA) is 46.5 Å². The lowest BCUT2D eigenvalue weighted by Crippen LogP contribution is -2.36. The van der Waals surface area contributed by atoms with E-state index in [9.17, 15) is 4.79 Å². The van der Waals surface area contributed by atoms with Crippen LogP contribution in [0, 0.1) is 0 Å². The number of hydrogen-bond acceptors (Lipinski definition) is 3. The average molecular weight is 335 g/mol. The highest BCUT2D eigenvalue weighted by molar-refractivity contribution is 6.13. The standard InChI is InChI=1S/C20H21N3O2/c1-22-14-16(15-6-2-4-8-18(15)22)20(24)21-17-7-3-5-9-19(17)23-10-12-25-13-11-23/h2-9,14H,10-13H2,1H3,(H,21,24). The van der Waals surface area contributed by atoms with Crippen LogP contribution in [-0.2, 0) is 11.8 Å². The van der Waals surface area contributed by atoms with Gasteiger partial charge in [0.1, 0.15) is 0 Å². The van der Waals surface area contributed by atoms with Gasteiger partial charge in [0.15, 0.2) is 0 Å². The second-order valence-corrected chi connectivity index (χ2v) is 6.24. The zero-order valence-electron chi connectivity index (χ0n) is 14.2. The molecule has 2 aromatic carbocycles. The highest BCUT2D eigenvalue weighted by Crippen LogP contribution is 2.28. The van der Waals surface area contributed by atoms with Crippen molar-refractivity contribution in [1.29, 1.82) is 0 Å². The third-order valence-corrected chi connectivity index (χ3v) is 4.65. The Morgan fingerprint density at radius 2 is 1.76 bits per heavy atom. The SMILES string of the molecule is Cn1cc(C(=O)Nc2ccccc2N2CCOCC2)c2ccccc21. The van der Waals surface area contributed by atoms with Gasteiger partial charge in [0, 0.05) is 37.2 Å². The highest BCUT2D eigenvalue weighted by Gasteiger charge is 2.18. The fraction of sp³-hybridized carbons (Fsp3) is 0.250. The Morgan fingerprint density at radius 1 is 1.04 bits per heavy atom. The van der Waals surface area contributed by atoms with Gasteiger partial charge < -0.3 is 19.5 Å². The van der Waals surface area contributed by atoms with Gasteiger partial charge in [-0.05, 0) is 18.2 Å². The second-order valence-electron chi connectivity index (χ2n) is 6.24. The van der Waals surface area contributed by atoms with Crippen molar-refractivity contribution in [3.63, 3.8) is 0 Å². The fourth-order valence-electron chi connectivity index (χ4n) is 3.37. The molecule has 5 heteroatoms. The number of nitrogens with one attached hydrogen (secondary N) is 1. The molecule has 1 aromatic heterocycles. The summed E-state index contributed by atoms with van der Waals surface area (Å²) in [6.07, 6.45) is 1.89. The summed E-state index contributed by atoms with van der Waals surface area (Å²) in [7, 11) is 1.96. The molecule has 3 aromatic rings. The second kappa shape index (κ2) is 6.61. The molecular formula is C20H21N3O2. The lowest BCUT2D eigenvalue weighted by Gasteiger charge is -2.30. The summed E-state index contributed by atoms with van der Waals surface area (Å²) in [5.41, 5.74) is 3.62. The number of morpholine rings is 1. The van der Waals surface area contributed by atoms with Gasteiger partial charge >= 0.3 is 0 Å². The number of ether oxygens (including phenoxy) is 1. The van der Waals surface area contributed by atoms with E-state index in [4.69, 9.17) is 4.74 Å². The van der Waals surface area contributed by atoms with Crippen LogP contribution in [0.5, 0.6) is 0 Å². The first-order chi connectivity index (χ1) is 12.2. The van der Waals surface area contributed by atoms with Crippen molar-refractivity contribution in [1.82, 2.24) is 4.57 Å². The van der Waals surface area contributed by atoms with Crippen LogP contribution in [0.4, 0.5) is 11.4 Å². The molecule has 0 bridgehead atoms. The van der Waals surface area contributed by atoms with Crippen LogP contribution in [0.25, 0.3) is 10.9 Å². The Hall–Kier alpha value is -2.79. The summed E-state index contributed by atoms with van der Waals surface area (Å²) in [5.74, 6) is -0.0856. The van der Waals surface area contributed by atoms with Gasteiger partial charge in [-0.25, -0.2) is 0 Å². The van der Waals surface area contributed by atoms with E-state index in [-0.39, 0.29) is 5.91 Å². The summed E-state index contributed by atoms with van der Waals surface area (Å²) in [4.78, 5) is 15.2. The van der Waals surface area contributed by atoms with Crippen molar-refractivity contribution in [2.45, 2.75) is 0 Å². The number of carbonyl (C=O) groups is 1. The number of aromatic nitrogens is 1. The van der Waals surface area contributed by atoms with E-state index in [0.717, 1.165) is 35.4 Å². The van der Waals surface area contributed by atoms with Gasteiger partial charge in [-0.3, -0.25) is 4.79 Å². The molecule has 1 saturated heterocycles. The average Bonchev–Trinajstić information content (AvgIpc) is 3.00. The lowest BCUT2D eigenvalue weighted by atomic mass is 10.1. The van der Waals surface area contributed by atoms with Crippen molar-refractivity contribution in [2.75, 3.05) is 36.5 Å². The van der Waals surface area contributed by atoms with E-state index in [1.807, 2.05) is 66.3 Å². The van der Waals surface area contributed by atoms with E-state index < -0.39 is 0 Å². The summed E-state index contributed by atoms with van der Waals surface area (Å²) < 4.78 is 7.41. The number of fused-ring (bicyclic) bond motifs is 1. The van der Waals surface area contributed by atoms with E-state index >= 15 is 0 Å². The third kappa shape index (κ3) is 2.98. The quantitative estimate of drug-likeness (QED) is 0.799.